The predicted molar refractivity (Wildman–Crippen MR) is 68.8 cm³/mol. The van der Waals surface area contributed by atoms with Crippen LogP contribution in [-0.2, 0) is 14.8 Å². The van der Waals surface area contributed by atoms with Gasteiger partial charge in [0.1, 0.15) is 0 Å². The first-order valence-electron chi connectivity index (χ1n) is 5.34. The lowest BCUT2D eigenvalue weighted by atomic mass is 10.2. The van der Waals surface area contributed by atoms with Gasteiger partial charge in [0.2, 0.25) is 15.9 Å². The van der Waals surface area contributed by atoms with Crippen LogP contribution in [0.5, 0.6) is 0 Å². The van der Waals surface area contributed by atoms with E-state index in [1.807, 2.05) is 0 Å². The summed E-state index contributed by atoms with van der Waals surface area (Å²) in [6.07, 6.45) is 0. The standard InChI is InChI=1S/C11H15N3O4S/c1-14(2)19(17,18)9-5-3-8(4-6-9)11(16)13-7-10(12)15/h3-6H,7H2,1-2H3,(H2,12,15)(H,13,16). The number of amides is 2. The second kappa shape index (κ2) is 5.81. The number of nitrogens with one attached hydrogen (secondary N) is 1. The third kappa shape index (κ3) is 3.76. The smallest absolute Gasteiger partial charge is 0.251 e. The quantitative estimate of drug-likeness (QED) is 0.734. The Morgan fingerprint density at radius 3 is 2.16 bits per heavy atom. The second-order valence-corrected chi connectivity index (χ2v) is 6.11. The zero-order valence-electron chi connectivity index (χ0n) is 10.6. The highest BCUT2D eigenvalue weighted by molar-refractivity contribution is 7.89. The summed E-state index contributed by atoms with van der Waals surface area (Å²) < 4.78 is 24.7. The highest BCUT2D eigenvalue weighted by Gasteiger charge is 2.17. The van der Waals surface area contributed by atoms with Crippen molar-refractivity contribution in [1.82, 2.24) is 9.62 Å². The van der Waals surface area contributed by atoms with E-state index in [1.54, 1.807) is 0 Å². The summed E-state index contributed by atoms with van der Waals surface area (Å²) in [6, 6.07) is 5.39. The lowest BCUT2D eigenvalue weighted by Gasteiger charge is -2.11. The van der Waals surface area contributed by atoms with Gasteiger partial charge in [0.25, 0.3) is 5.91 Å². The molecule has 0 aliphatic carbocycles. The largest absolute Gasteiger partial charge is 0.368 e. The highest BCUT2D eigenvalue weighted by atomic mass is 32.2. The number of carbonyl (C=O) groups is 2. The maximum Gasteiger partial charge on any atom is 0.251 e. The molecule has 1 rings (SSSR count). The van der Waals surface area contributed by atoms with E-state index >= 15 is 0 Å². The van der Waals surface area contributed by atoms with Crippen molar-refractivity contribution in [3.05, 3.63) is 29.8 Å². The number of carbonyl (C=O) groups excluding carboxylic acids is 2. The third-order valence-corrected chi connectivity index (χ3v) is 4.15. The zero-order valence-corrected chi connectivity index (χ0v) is 11.4. The van der Waals surface area contributed by atoms with E-state index in [9.17, 15) is 18.0 Å². The van der Waals surface area contributed by atoms with E-state index in [1.165, 1.54) is 38.4 Å². The molecule has 0 fully saturated rings. The van der Waals surface area contributed by atoms with Gasteiger partial charge in [-0.05, 0) is 24.3 Å². The molecule has 0 saturated heterocycles. The van der Waals surface area contributed by atoms with E-state index in [2.05, 4.69) is 5.32 Å². The third-order valence-electron chi connectivity index (χ3n) is 2.32. The molecular formula is C11H15N3O4S. The first-order chi connectivity index (χ1) is 8.75. The van der Waals surface area contributed by atoms with Crippen molar-refractivity contribution in [2.24, 2.45) is 5.73 Å². The first kappa shape index (κ1) is 15.1. The number of benzene rings is 1. The van der Waals surface area contributed by atoms with Gasteiger partial charge >= 0.3 is 0 Å². The van der Waals surface area contributed by atoms with Crippen LogP contribution in [0.4, 0.5) is 0 Å². The maximum atomic E-state index is 11.8. The number of nitrogens with two attached hydrogens (primary N) is 1. The molecule has 0 atom stereocenters. The molecule has 19 heavy (non-hydrogen) atoms. The molecule has 0 spiro atoms. The SMILES string of the molecule is CN(C)S(=O)(=O)c1ccc(C(=O)NCC(N)=O)cc1. The van der Waals surface area contributed by atoms with Crippen LogP contribution < -0.4 is 11.1 Å². The molecule has 8 heteroatoms. The van der Waals surface area contributed by atoms with Crippen molar-refractivity contribution in [2.45, 2.75) is 4.90 Å². The minimum atomic E-state index is -3.52. The van der Waals surface area contributed by atoms with Gasteiger partial charge in [0, 0.05) is 19.7 Å². The average molecular weight is 285 g/mol. The molecule has 104 valence electrons. The van der Waals surface area contributed by atoms with Crippen LogP contribution in [0.25, 0.3) is 0 Å². The fraction of sp³-hybridized carbons (Fsp3) is 0.273. The zero-order chi connectivity index (χ0) is 14.6. The molecule has 0 aliphatic heterocycles. The van der Waals surface area contributed by atoms with Crippen molar-refractivity contribution >= 4 is 21.8 Å². The van der Waals surface area contributed by atoms with E-state index < -0.39 is 21.8 Å². The van der Waals surface area contributed by atoms with E-state index in [-0.39, 0.29) is 17.0 Å². The summed E-state index contributed by atoms with van der Waals surface area (Å²) in [4.78, 5) is 22.2. The maximum absolute atomic E-state index is 11.8. The molecule has 1 aromatic carbocycles. The average Bonchev–Trinajstić information content (AvgIpc) is 2.35. The van der Waals surface area contributed by atoms with Crippen LogP contribution in [0.1, 0.15) is 10.4 Å². The van der Waals surface area contributed by atoms with Crippen LogP contribution >= 0.6 is 0 Å². The van der Waals surface area contributed by atoms with Crippen LogP contribution in [0.3, 0.4) is 0 Å². The number of primary amides is 1. The van der Waals surface area contributed by atoms with E-state index in [4.69, 9.17) is 5.73 Å². The summed E-state index contributed by atoms with van der Waals surface area (Å²) in [6.45, 7) is -0.267. The van der Waals surface area contributed by atoms with Gasteiger partial charge in [-0.25, -0.2) is 12.7 Å². The molecule has 0 radical (unpaired) electrons. The molecule has 3 N–H and O–H groups in total. The van der Waals surface area contributed by atoms with E-state index in [0.717, 1.165) is 4.31 Å². The molecule has 0 aromatic heterocycles. The van der Waals surface area contributed by atoms with Gasteiger partial charge in [-0.2, -0.15) is 0 Å². The fourth-order valence-corrected chi connectivity index (χ4v) is 2.16. The van der Waals surface area contributed by atoms with Crippen molar-refractivity contribution < 1.29 is 18.0 Å². The van der Waals surface area contributed by atoms with Crippen LogP contribution in [-0.4, -0.2) is 45.2 Å². The monoisotopic (exact) mass is 285 g/mol. The van der Waals surface area contributed by atoms with E-state index in [0.29, 0.717) is 0 Å². The molecular weight excluding hydrogens is 270 g/mol. The number of sulfonamides is 1. The topological polar surface area (TPSA) is 110 Å². The Kier molecular flexibility index (Phi) is 4.62. The van der Waals surface area contributed by atoms with Gasteiger partial charge in [-0.1, -0.05) is 0 Å². The lowest BCUT2D eigenvalue weighted by Crippen LogP contribution is -2.33. The molecule has 0 unspecified atom stereocenters. The summed E-state index contributed by atoms with van der Waals surface area (Å²) in [7, 11) is -0.679. The van der Waals surface area contributed by atoms with Crippen LogP contribution in [0.15, 0.2) is 29.2 Å². The minimum absolute atomic E-state index is 0.0870. The van der Waals surface area contributed by atoms with Gasteiger partial charge in [0.15, 0.2) is 0 Å². The molecule has 7 nitrogen and oxygen atoms in total. The Morgan fingerprint density at radius 1 is 1.21 bits per heavy atom. The second-order valence-electron chi connectivity index (χ2n) is 3.96. The van der Waals surface area contributed by atoms with Crippen molar-refractivity contribution in [2.75, 3.05) is 20.6 Å². The Bertz CT molecular complexity index is 578. The Balaban J connectivity index is 2.88. The number of nitrogens with zero attached hydrogens (tertiary/aromatic N) is 1. The molecule has 2 amide bonds. The molecule has 1 aromatic rings. The van der Waals surface area contributed by atoms with Gasteiger partial charge in [-0.15, -0.1) is 0 Å². The van der Waals surface area contributed by atoms with Crippen molar-refractivity contribution in [3.8, 4) is 0 Å². The fourth-order valence-electron chi connectivity index (χ4n) is 1.26. The van der Waals surface area contributed by atoms with Crippen LogP contribution in [0.2, 0.25) is 0 Å². The van der Waals surface area contributed by atoms with Gasteiger partial charge in [0.05, 0.1) is 11.4 Å². The van der Waals surface area contributed by atoms with Crippen LogP contribution in [0, 0.1) is 0 Å². The Labute approximate surface area is 111 Å². The molecule has 0 saturated carbocycles. The van der Waals surface area contributed by atoms with Crippen molar-refractivity contribution in [3.63, 3.8) is 0 Å². The summed E-state index contributed by atoms with van der Waals surface area (Å²) in [5.74, 6) is -1.15. The first-order valence-corrected chi connectivity index (χ1v) is 6.78. The minimum Gasteiger partial charge on any atom is -0.368 e. The van der Waals surface area contributed by atoms with Gasteiger partial charge < -0.3 is 11.1 Å². The number of hydrogen-bond acceptors (Lipinski definition) is 4. The highest BCUT2D eigenvalue weighted by Crippen LogP contribution is 2.13. The normalized spacial score (nSPS) is 11.3. The summed E-state index contributed by atoms with van der Waals surface area (Å²) >= 11 is 0. The predicted octanol–water partition coefficient (Wildman–Crippen LogP) is -0.848. The Hall–Kier alpha value is -1.93. The van der Waals surface area contributed by atoms with Gasteiger partial charge in [-0.3, -0.25) is 9.59 Å². The molecule has 0 bridgehead atoms. The number of hydrogen-bond donors (Lipinski definition) is 2. The number of rotatable bonds is 5. The van der Waals surface area contributed by atoms with Crippen molar-refractivity contribution in [1.29, 1.82) is 0 Å². The molecule has 0 aliphatic rings. The summed E-state index contributed by atoms with van der Waals surface area (Å²) in [5.41, 5.74) is 5.14. The Morgan fingerprint density at radius 2 is 1.74 bits per heavy atom. The lowest BCUT2D eigenvalue weighted by molar-refractivity contribution is -0.117. The molecule has 0 heterocycles. The summed E-state index contributed by atoms with van der Waals surface area (Å²) in [5, 5.41) is 2.31.